The quantitative estimate of drug-likeness (QED) is 0.778. The molecule has 1 fully saturated rings. The third-order valence-corrected chi connectivity index (χ3v) is 3.87. The van der Waals surface area contributed by atoms with Gasteiger partial charge in [0, 0.05) is 25.2 Å². The van der Waals surface area contributed by atoms with Crippen LogP contribution < -0.4 is 11.1 Å². The molecule has 4 nitrogen and oxygen atoms in total. The Bertz CT molecular complexity index is 408. The minimum absolute atomic E-state index is 0.370. The van der Waals surface area contributed by atoms with Crippen molar-refractivity contribution in [2.24, 2.45) is 5.73 Å². The van der Waals surface area contributed by atoms with Crippen molar-refractivity contribution in [3.05, 3.63) is 35.4 Å². The molecule has 110 valence electrons. The van der Waals surface area contributed by atoms with Gasteiger partial charge in [-0.25, -0.2) is 0 Å². The summed E-state index contributed by atoms with van der Waals surface area (Å²) in [5.74, 6) is -0.370. The van der Waals surface area contributed by atoms with Crippen LogP contribution in [0.3, 0.4) is 0 Å². The summed E-state index contributed by atoms with van der Waals surface area (Å²) in [6.07, 6.45) is 5.45. The highest BCUT2D eigenvalue weighted by Gasteiger charge is 2.07. The number of primary amides is 1. The van der Waals surface area contributed by atoms with Gasteiger partial charge >= 0.3 is 0 Å². The summed E-state index contributed by atoms with van der Waals surface area (Å²) in [5, 5.41) is 3.46. The lowest BCUT2D eigenvalue weighted by Crippen LogP contribution is -2.32. The van der Waals surface area contributed by atoms with Gasteiger partial charge in [-0.1, -0.05) is 25.0 Å². The van der Waals surface area contributed by atoms with Crippen LogP contribution in [0.15, 0.2) is 24.3 Å². The summed E-state index contributed by atoms with van der Waals surface area (Å²) in [6.45, 7) is 5.47. The number of benzene rings is 1. The zero-order valence-electron chi connectivity index (χ0n) is 12.1. The van der Waals surface area contributed by atoms with Gasteiger partial charge in [-0.3, -0.25) is 4.79 Å². The van der Waals surface area contributed by atoms with Gasteiger partial charge in [0.15, 0.2) is 0 Å². The SMILES string of the molecule is NC(=O)c1ccc(CNCCN2CCCCCC2)cc1. The van der Waals surface area contributed by atoms with E-state index >= 15 is 0 Å². The van der Waals surface area contributed by atoms with Crippen LogP contribution in [0, 0.1) is 0 Å². The molecule has 0 aliphatic carbocycles. The van der Waals surface area contributed by atoms with Crippen LogP contribution in [0.25, 0.3) is 0 Å². The largest absolute Gasteiger partial charge is 0.366 e. The highest BCUT2D eigenvalue weighted by Crippen LogP contribution is 2.08. The van der Waals surface area contributed by atoms with E-state index in [2.05, 4.69) is 10.2 Å². The second kappa shape index (κ2) is 8.02. The summed E-state index contributed by atoms with van der Waals surface area (Å²) in [7, 11) is 0. The Balaban J connectivity index is 1.66. The smallest absolute Gasteiger partial charge is 0.248 e. The van der Waals surface area contributed by atoms with Crippen molar-refractivity contribution in [3.8, 4) is 0 Å². The van der Waals surface area contributed by atoms with Gasteiger partial charge in [0.05, 0.1) is 0 Å². The van der Waals surface area contributed by atoms with E-state index in [1.807, 2.05) is 12.1 Å². The molecule has 1 amide bonds. The van der Waals surface area contributed by atoms with E-state index in [-0.39, 0.29) is 5.91 Å². The first-order valence-corrected chi connectivity index (χ1v) is 7.57. The molecule has 0 atom stereocenters. The Kier molecular flexibility index (Phi) is 6.02. The highest BCUT2D eigenvalue weighted by atomic mass is 16.1. The van der Waals surface area contributed by atoms with Crippen molar-refractivity contribution in [3.63, 3.8) is 0 Å². The predicted molar refractivity (Wildman–Crippen MR) is 81.6 cm³/mol. The third kappa shape index (κ3) is 4.94. The molecule has 4 heteroatoms. The molecule has 0 spiro atoms. The van der Waals surface area contributed by atoms with E-state index in [1.54, 1.807) is 12.1 Å². The molecule has 3 N–H and O–H groups in total. The molecule has 0 bridgehead atoms. The Hall–Kier alpha value is -1.39. The number of nitrogens with one attached hydrogen (secondary N) is 1. The van der Waals surface area contributed by atoms with Crippen molar-refractivity contribution in [2.45, 2.75) is 32.2 Å². The summed E-state index contributed by atoms with van der Waals surface area (Å²) < 4.78 is 0. The van der Waals surface area contributed by atoms with Gasteiger partial charge in [0.2, 0.25) is 5.91 Å². The second-order valence-corrected chi connectivity index (χ2v) is 5.49. The fourth-order valence-electron chi connectivity index (χ4n) is 2.62. The van der Waals surface area contributed by atoms with Gasteiger partial charge in [-0.15, -0.1) is 0 Å². The van der Waals surface area contributed by atoms with Crippen molar-refractivity contribution in [1.82, 2.24) is 10.2 Å². The second-order valence-electron chi connectivity index (χ2n) is 5.49. The van der Waals surface area contributed by atoms with Crippen LogP contribution in [0.2, 0.25) is 0 Å². The Morgan fingerprint density at radius 2 is 1.75 bits per heavy atom. The maximum absolute atomic E-state index is 11.0. The van der Waals surface area contributed by atoms with Crippen LogP contribution in [-0.4, -0.2) is 37.0 Å². The van der Waals surface area contributed by atoms with Crippen LogP contribution in [0.1, 0.15) is 41.6 Å². The van der Waals surface area contributed by atoms with Crippen molar-refractivity contribution in [2.75, 3.05) is 26.2 Å². The number of carbonyl (C=O) groups is 1. The van der Waals surface area contributed by atoms with E-state index in [9.17, 15) is 4.79 Å². The molecule has 1 saturated heterocycles. The van der Waals surface area contributed by atoms with Crippen molar-refractivity contribution in [1.29, 1.82) is 0 Å². The van der Waals surface area contributed by atoms with E-state index in [1.165, 1.54) is 44.3 Å². The number of nitrogens with two attached hydrogens (primary N) is 1. The summed E-state index contributed by atoms with van der Waals surface area (Å²) in [6, 6.07) is 7.49. The average molecular weight is 275 g/mol. The van der Waals surface area contributed by atoms with E-state index in [4.69, 9.17) is 5.73 Å². The van der Waals surface area contributed by atoms with Crippen molar-refractivity contribution >= 4 is 5.91 Å². The molecule has 0 radical (unpaired) electrons. The van der Waals surface area contributed by atoms with E-state index in [0.717, 1.165) is 19.6 Å². The standard InChI is InChI=1S/C16H25N3O/c17-16(20)15-7-5-14(6-8-15)13-18-9-12-19-10-3-1-2-4-11-19/h5-8,18H,1-4,9-13H2,(H2,17,20). The lowest BCUT2D eigenvalue weighted by atomic mass is 10.1. The van der Waals surface area contributed by atoms with Gasteiger partial charge in [0.1, 0.15) is 0 Å². The maximum atomic E-state index is 11.0. The molecule has 1 aromatic carbocycles. The van der Waals surface area contributed by atoms with Crippen LogP contribution in [-0.2, 0) is 6.54 Å². The average Bonchev–Trinajstić information content (AvgIpc) is 2.73. The predicted octanol–water partition coefficient (Wildman–Crippen LogP) is 1.75. The molecule has 1 heterocycles. The monoisotopic (exact) mass is 275 g/mol. The van der Waals surface area contributed by atoms with Gasteiger partial charge in [-0.05, 0) is 43.6 Å². The summed E-state index contributed by atoms with van der Waals surface area (Å²) >= 11 is 0. The number of hydrogen-bond acceptors (Lipinski definition) is 3. The van der Waals surface area contributed by atoms with Crippen molar-refractivity contribution < 1.29 is 4.79 Å². The fraction of sp³-hybridized carbons (Fsp3) is 0.562. The Morgan fingerprint density at radius 3 is 2.35 bits per heavy atom. The van der Waals surface area contributed by atoms with Gasteiger partial charge in [-0.2, -0.15) is 0 Å². The fourth-order valence-corrected chi connectivity index (χ4v) is 2.62. The first-order chi connectivity index (χ1) is 9.75. The number of carbonyl (C=O) groups excluding carboxylic acids is 1. The third-order valence-electron chi connectivity index (χ3n) is 3.87. The van der Waals surface area contributed by atoms with Gasteiger partial charge < -0.3 is 16.0 Å². The molecule has 1 aliphatic rings. The molecule has 0 saturated carbocycles. The molecule has 1 aromatic rings. The minimum Gasteiger partial charge on any atom is -0.366 e. The first-order valence-electron chi connectivity index (χ1n) is 7.57. The summed E-state index contributed by atoms with van der Waals surface area (Å²) in [5.41, 5.74) is 6.97. The molecular weight excluding hydrogens is 250 g/mol. The molecule has 0 unspecified atom stereocenters. The minimum atomic E-state index is -0.370. The van der Waals surface area contributed by atoms with Crippen LogP contribution in [0.5, 0.6) is 0 Å². The number of nitrogens with zero attached hydrogens (tertiary/aromatic N) is 1. The molecule has 2 rings (SSSR count). The number of rotatable bonds is 6. The first kappa shape index (κ1) is 15.0. The summed E-state index contributed by atoms with van der Waals surface area (Å²) in [4.78, 5) is 13.5. The number of likely N-dealkylation sites (tertiary alicyclic amines) is 1. The zero-order chi connectivity index (χ0) is 14.2. The molecule has 1 aliphatic heterocycles. The van der Waals surface area contributed by atoms with E-state index in [0.29, 0.717) is 5.56 Å². The maximum Gasteiger partial charge on any atom is 0.248 e. The Morgan fingerprint density at radius 1 is 1.10 bits per heavy atom. The van der Waals surface area contributed by atoms with E-state index < -0.39 is 0 Å². The van der Waals surface area contributed by atoms with Gasteiger partial charge in [0.25, 0.3) is 0 Å². The number of amides is 1. The normalized spacial score (nSPS) is 16.8. The van der Waals surface area contributed by atoms with Crippen LogP contribution in [0.4, 0.5) is 0 Å². The van der Waals surface area contributed by atoms with Crippen LogP contribution >= 0.6 is 0 Å². The lowest BCUT2D eigenvalue weighted by Gasteiger charge is -2.19. The highest BCUT2D eigenvalue weighted by molar-refractivity contribution is 5.92. The molecule has 20 heavy (non-hydrogen) atoms. The topological polar surface area (TPSA) is 58.4 Å². The zero-order valence-corrected chi connectivity index (χ0v) is 12.1. The lowest BCUT2D eigenvalue weighted by molar-refractivity contribution is 0.100. The molecular formula is C16H25N3O. The number of hydrogen-bond donors (Lipinski definition) is 2. The molecule has 0 aromatic heterocycles. The Labute approximate surface area is 121 Å².